The van der Waals surface area contributed by atoms with Gasteiger partial charge in [0, 0.05) is 50.7 Å². The van der Waals surface area contributed by atoms with Gasteiger partial charge in [0.1, 0.15) is 10.6 Å². The molecule has 2 aromatic carbocycles. The lowest BCUT2D eigenvalue weighted by molar-refractivity contribution is 0.0398. The molecule has 1 saturated heterocycles. The Labute approximate surface area is 224 Å². The van der Waals surface area contributed by atoms with Gasteiger partial charge in [0.05, 0.1) is 28.6 Å². The minimum absolute atomic E-state index is 0.0324. The summed E-state index contributed by atoms with van der Waals surface area (Å²) < 4.78 is 35.5. The van der Waals surface area contributed by atoms with E-state index in [0.717, 1.165) is 44.8 Å². The van der Waals surface area contributed by atoms with E-state index in [-0.39, 0.29) is 14.9 Å². The molecule has 0 bridgehead atoms. The van der Waals surface area contributed by atoms with E-state index in [1.54, 1.807) is 29.1 Å². The largest absolute Gasteiger partial charge is 0.379 e. The quantitative estimate of drug-likeness (QED) is 0.333. The van der Waals surface area contributed by atoms with Gasteiger partial charge in [-0.15, -0.1) is 0 Å². The van der Waals surface area contributed by atoms with Crippen LogP contribution in [0, 0.1) is 0 Å². The first kappa shape index (κ1) is 25.7. The molecule has 194 valence electrons. The second kappa shape index (κ2) is 10.8. The van der Waals surface area contributed by atoms with Crippen LogP contribution in [0.5, 0.6) is 0 Å². The highest BCUT2D eigenvalue weighted by molar-refractivity contribution is 7.92. The van der Waals surface area contributed by atoms with Crippen molar-refractivity contribution in [1.29, 1.82) is 0 Å². The lowest BCUT2D eigenvalue weighted by atomic mass is 10.1. The highest BCUT2D eigenvalue weighted by Gasteiger charge is 2.21. The van der Waals surface area contributed by atoms with Gasteiger partial charge in [-0.25, -0.2) is 18.1 Å². The molecule has 0 aliphatic carbocycles. The zero-order valence-corrected chi connectivity index (χ0v) is 22.3. The van der Waals surface area contributed by atoms with Crippen LogP contribution in [-0.4, -0.2) is 72.5 Å². The Morgan fingerprint density at radius 1 is 1.11 bits per heavy atom. The summed E-state index contributed by atoms with van der Waals surface area (Å²) in [4.78, 5) is 11.3. The maximum absolute atomic E-state index is 13.0. The summed E-state index contributed by atoms with van der Waals surface area (Å²) in [6.07, 6.45) is 1.73. The molecule has 2 aromatic heterocycles. The van der Waals surface area contributed by atoms with Gasteiger partial charge in [-0.1, -0.05) is 41.4 Å². The van der Waals surface area contributed by atoms with Crippen molar-refractivity contribution in [3.8, 4) is 11.3 Å². The van der Waals surface area contributed by atoms with Gasteiger partial charge in [0.2, 0.25) is 5.95 Å². The SMILES string of the molecule is Cn1nc(-c2cccc(NS(=O)(=O)c3cccc(Cl)c3Cl)c2)c2cnc(NCCN3CCOCC3)nc21. The van der Waals surface area contributed by atoms with Crippen LogP contribution in [0.2, 0.25) is 10.0 Å². The van der Waals surface area contributed by atoms with E-state index in [1.807, 2.05) is 13.1 Å². The molecule has 10 nitrogen and oxygen atoms in total. The van der Waals surface area contributed by atoms with Crippen LogP contribution in [0.15, 0.2) is 53.6 Å². The van der Waals surface area contributed by atoms with Crippen LogP contribution in [0.3, 0.4) is 0 Å². The lowest BCUT2D eigenvalue weighted by Crippen LogP contribution is -2.39. The van der Waals surface area contributed by atoms with Crippen LogP contribution >= 0.6 is 23.2 Å². The Bertz CT molecular complexity index is 1540. The predicted molar refractivity (Wildman–Crippen MR) is 145 cm³/mol. The van der Waals surface area contributed by atoms with E-state index in [1.165, 1.54) is 18.2 Å². The van der Waals surface area contributed by atoms with E-state index in [4.69, 9.17) is 27.9 Å². The number of nitrogens with one attached hydrogen (secondary N) is 2. The van der Waals surface area contributed by atoms with Crippen LogP contribution in [-0.2, 0) is 21.8 Å². The van der Waals surface area contributed by atoms with Crippen molar-refractivity contribution in [3.05, 3.63) is 58.7 Å². The van der Waals surface area contributed by atoms with Crippen LogP contribution in [0.25, 0.3) is 22.3 Å². The van der Waals surface area contributed by atoms with E-state index < -0.39 is 10.0 Å². The maximum Gasteiger partial charge on any atom is 0.263 e. The highest BCUT2D eigenvalue weighted by atomic mass is 35.5. The van der Waals surface area contributed by atoms with Crippen molar-refractivity contribution >= 4 is 55.9 Å². The number of sulfonamides is 1. The van der Waals surface area contributed by atoms with Gasteiger partial charge in [0.25, 0.3) is 10.0 Å². The fourth-order valence-corrected chi connectivity index (χ4v) is 5.93. The maximum atomic E-state index is 13.0. The van der Waals surface area contributed by atoms with Gasteiger partial charge in [-0.3, -0.25) is 9.62 Å². The third kappa shape index (κ3) is 5.65. The number of hydrogen-bond donors (Lipinski definition) is 2. The fourth-order valence-electron chi connectivity index (χ4n) is 4.12. The molecule has 1 fully saturated rings. The van der Waals surface area contributed by atoms with Crippen molar-refractivity contribution in [2.45, 2.75) is 4.90 Å². The monoisotopic (exact) mass is 561 g/mol. The zero-order chi connectivity index (χ0) is 26.0. The first-order valence-electron chi connectivity index (χ1n) is 11.6. The van der Waals surface area contributed by atoms with Gasteiger partial charge in [-0.2, -0.15) is 10.1 Å². The number of aryl methyl sites for hydroxylation is 1. The minimum atomic E-state index is -3.96. The number of hydrogen-bond acceptors (Lipinski definition) is 8. The van der Waals surface area contributed by atoms with Crippen LogP contribution in [0.4, 0.5) is 11.6 Å². The summed E-state index contributed by atoms with van der Waals surface area (Å²) in [6, 6.07) is 11.4. The van der Waals surface area contributed by atoms with Crippen molar-refractivity contribution in [1.82, 2.24) is 24.6 Å². The smallest absolute Gasteiger partial charge is 0.263 e. The molecule has 5 rings (SSSR count). The second-order valence-electron chi connectivity index (χ2n) is 8.52. The number of halogens is 2. The number of rotatable bonds is 8. The fraction of sp³-hybridized carbons (Fsp3) is 0.292. The van der Waals surface area contributed by atoms with Gasteiger partial charge in [-0.05, 0) is 24.3 Å². The van der Waals surface area contributed by atoms with Crippen molar-refractivity contribution in [2.24, 2.45) is 7.05 Å². The summed E-state index contributed by atoms with van der Waals surface area (Å²) in [5.74, 6) is 0.523. The third-order valence-corrected chi connectivity index (χ3v) is 8.34. The van der Waals surface area contributed by atoms with Crippen molar-refractivity contribution in [2.75, 3.05) is 49.4 Å². The van der Waals surface area contributed by atoms with Gasteiger partial charge < -0.3 is 10.1 Å². The highest BCUT2D eigenvalue weighted by Crippen LogP contribution is 2.32. The summed E-state index contributed by atoms with van der Waals surface area (Å²) in [7, 11) is -2.15. The normalized spacial score (nSPS) is 14.7. The molecule has 0 radical (unpaired) electrons. The number of benzene rings is 2. The minimum Gasteiger partial charge on any atom is -0.379 e. The Morgan fingerprint density at radius 2 is 1.89 bits per heavy atom. The Hall–Kier alpha value is -2.96. The molecule has 1 aliphatic rings. The first-order chi connectivity index (χ1) is 17.8. The molecule has 0 unspecified atom stereocenters. The van der Waals surface area contributed by atoms with Crippen LogP contribution < -0.4 is 10.0 Å². The Morgan fingerprint density at radius 3 is 2.70 bits per heavy atom. The standard InChI is InChI=1S/C24H25Cl2N7O3S/c1-32-23-18(15-28-24(29-23)27-8-9-33-10-12-36-13-11-33)22(30-32)16-4-2-5-17(14-16)31-37(34,35)20-7-3-6-19(25)21(20)26/h2-7,14-15,31H,8-13H2,1H3,(H,27,28,29). The van der Waals surface area contributed by atoms with Crippen molar-refractivity contribution < 1.29 is 13.2 Å². The summed E-state index contributed by atoms with van der Waals surface area (Å²) in [5, 5.41) is 8.78. The van der Waals surface area contributed by atoms with Gasteiger partial charge in [0.15, 0.2) is 5.65 Å². The zero-order valence-electron chi connectivity index (χ0n) is 20.0. The predicted octanol–water partition coefficient (Wildman–Crippen LogP) is 3.88. The molecule has 1 aliphatic heterocycles. The summed E-state index contributed by atoms with van der Waals surface area (Å²) in [5.41, 5.74) is 2.36. The number of nitrogens with zero attached hydrogens (tertiary/aromatic N) is 5. The topological polar surface area (TPSA) is 114 Å². The number of fused-ring (bicyclic) bond motifs is 1. The lowest BCUT2D eigenvalue weighted by Gasteiger charge is -2.26. The summed E-state index contributed by atoms with van der Waals surface area (Å²) in [6.45, 7) is 4.97. The number of morpholine rings is 1. The third-order valence-electron chi connectivity index (χ3n) is 5.99. The number of aromatic nitrogens is 4. The molecule has 2 N–H and O–H groups in total. The molecule has 4 aromatic rings. The molecular weight excluding hydrogens is 537 g/mol. The van der Waals surface area contributed by atoms with Crippen LogP contribution in [0.1, 0.15) is 0 Å². The Balaban J connectivity index is 1.36. The number of ether oxygens (including phenoxy) is 1. The van der Waals surface area contributed by atoms with E-state index in [0.29, 0.717) is 28.5 Å². The van der Waals surface area contributed by atoms with E-state index >= 15 is 0 Å². The molecule has 0 atom stereocenters. The van der Waals surface area contributed by atoms with E-state index in [2.05, 4.69) is 30.0 Å². The molecule has 13 heteroatoms. The Kier molecular flexibility index (Phi) is 7.50. The average molecular weight is 562 g/mol. The first-order valence-corrected chi connectivity index (χ1v) is 13.9. The van der Waals surface area contributed by atoms with Gasteiger partial charge >= 0.3 is 0 Å². The van der Waals surface area contributed by atoms with E-state index in [9.17, 15) is 8.42 Å². The molecule has 0 spiro atoms. The number of anilines is 2. The summed E-state index contributed by atoms with van der Waals surface area (Å²) >= 11 is 12.1. The molecule has 3 heterocycles. The van der Waals surface area contributed by atoms with Crippen molar-refractivity contribution in [3.63, 3.8) is 0 Å². The second-order valence-corrected chi connectivity index (χ2v) is 11.0. The molecule has 0 amide bonds. The average Bonchev–Trinajstić information content (AvgIpc) is 3.22. The molecular formula is C24H25Cl2N7O3S. The molecule has 0 saturated carbocycles. The molecule has 37 heavy (non-hydrogen) atoms.